The Kier molecular flexibility index (Phi) is 3.06. The molecule has 17 heavy (non-hydrogen) atoms. The lowest BCUT2D eigenvalue weighted by Gasteiger charge is -2.13. The molecular weight excluding hydrogens is 212 g/mol. The standard InChI is InChI=1S/C13H16N4/c1-8-5-3-4-6-10(8)13-11(9(2)14)7-12(15)16-17-13/h3-7,9H,14H2,1-2H3,(H2,15,16). The molecule has 2 aromatic rings. The molecule has 4 nitrogen and oxygen atoms in total. The zero-order valence-corrected chi connectivity index (χ0v) is 10.0. The summed E-state index contributed by atoms with van der Waals surface area (Å²) in [7, 11) is 0. The minimum atomic E-state index is -0.123. The van der Waals surface area contributed by atoms with E-state index in [2.05, 4.69) is 10.2 Å². The second-order valence-corrected chi connectivity index (χ2v) is 4.18. The molecule has 88 valence electrons. The summed E-state index contributed by atoms with van der Waals surface area (Å²) >= 11 is 0. The van der Waals surface area contributed by atoms with Crippen LogP contribution in [0.25, 0.3) is 11.3 Å². The van der Waals surface area contributed by atoms with Crippen molar-refractivity contribution in [3.05, 3.63) is 41.5 Å². The van der Waals surface area contributed by atoms with Gasteiger partial charge in [-0.05, 0) is 25.5 Å². The number of nitrogens with zero attached hydrogens (tertiary/aromatic N) is 2. The lowest BCUT2D eigenvalue weighted by molar-refractivity contribution is 0.806. The zero-order valence-electron chi connectivity index (χ0n) is 10.0. The van der Waals surface area contributed by atoms with Crippen LogP contribution in [0.15, 0.2) is 30.3 Å². The summed E-state index contributed by atoms with van der Waals surface area (Å²) in [5.41, 5.74) is 15.5. The van der Waals surface area contributed by atoms with E-state index >= 15 is 0 Å². The second-order valence-electron chi connectivity index (χ2n) is 4.18. The number of aromatic nitrogens is 2. The van der Waals surface area contributed by atoms with Crippen LogP contribution in [0.2, 0.25) is 0 Å². The summed E-state index contributed by atoms with van der Waals surface area (Å²) in [5.74, 6) is 0.398. The highest BCUT2D eigenvalue weighted by molar-refractivity contribution is 5.67. The van der Waals surface area contributed by atoms with E-state index in [0.717, 1.165) is 22.4 Å². The molecule has 0 fully saturated rings. The number of hydrogen-bond donors (Lipinski definition) is 2. The van der Waals surface area contributed by atoms with Gasteiger partial charge >= 0.3 is 0 Å². The molecule has 0 spiro atoms. The van der Waals surface area contributed by atoms with Crippen molar-refractivity contribution in [2.24, 2.45) is 5.73 Å². The van der Waals surface area contributed by atoms with E-state index in [4.69, 9.17) is 11.5 Å². The third-order valence-electron chi connectivity index (χ3n) is 2.73. The van der Waals surface area contributed by atoms with Gasteiger partial charge in [0.25, 0.3) is 0 Å². The average molecular weight is 228 g/mol. The number of nitrogens with two attached hydrogens (primary N) is 2. The van der Waals surface area contributed by atoms with Crippen molar-refractivity contribution in [2.75, 3.05) is 5.73 Å². The first-order valence-corrected chi connectivity index (χ1v) is 5.54. The Morgan fingerprint density at radius 2 is 1.88 bits per heavy atom. The topological polar surface area (TPSA) is 77.8 Å². The van der Waals surface area contributed by atoms with E-state index in [9.17, 15) is 0 Å². The van der Waals surface area contributed by atoms with Crippen LogP contribution < -0.4 is 11.5 Å². The first-order chi connectivity index (χ1) is 8.09. The third-order valence-corrected chi connectivity index (χ3v) is 2.73. The van der Waals surface area contributed by atoms with Crippen molar-refractivity contribution in [2.45, 2.75) is 19.9 Å². The van der Waals surface area contributed by atoms with Crippen LogP contribution in [0.1, 0.15) is 24.1 Å². The molecule has 0 aliphatic carbocycles. The van der Waals surface area contributed by atoms with E-state index in [-0.39, 0.29) is 6.04 Å². The highest BCUT2D eigenvalue weighted by atomic mass is 15.1. The second kappa shape index (κ2) is 4.51. The summed E-state index contributed by atoms with van der Waals surface area (Å²) in [6.07, 6.45) is 0. The van der Waals surface area contributed by atoms with Gasteiger partial charge in [-0.1, -0.05) is 24.3 Å². The van der Waals surface area contributed by atoms with Crippen molar-refractivity contribution >= 4 is 5.82 Å². The van der Waals surface area contributed by atoms with Gasteiger partial charge in [-0.15, -0.1) is 10.2 Å². The van der Waals surface area contributed by atoms with Crippen LogP contribution in [0, 0.1) is 6.92 Å². The van der Waals surface area contributed by atoms with Crippen molar-refractivity contribution in [1.29, 1.82) is 0 Å². The maximum Gasteiger partial charge on any atom is 0.146 e. The number of nitrogen functional groups attached to an aromatic ring is 1. The Morgan fingerprint density at radius 3 is 2.53 bits per heavy atom. The lowest BCUT2D eigenvalue weighted by atomic mass is 9.98. The van der Waals surface area contributed by atoms with Crippen LogP contribution in [0.4, 0.5) is 5.82 Å². The molecule has 0 amide bonds. The summed E-state index contributed by atoms with van der Waals surface area (Å²) in [4.78, 5) is 0. The fourth-order valence-electron chi connectivity index (χ4n) is 1.82. The number of benzene rings is 1. The maximum absolute atomic E-state index is 5.95. The molecule has 0 radical (unpaired) electrons. The minimum absolute atomic E-state index is 0.123. The monoisotopic (exact) mass is 228 g/mol. The first-order valence-electron chi connectivity index (χ1n) is 5.54. The molecule has 0 aliphatic rings. The van der Waals surface area contributed by atoms with Crippen LogP contribution >= 0.6 is 0 Å². The van der Waals surface area contributed by atoms with Crippen molar-refractivity contribution in [3.63, 3.8) is 0 Å². The predicted molar refractivity (Wildman–Crippen MR) is 69.2 cm³/mol. The molecule has 2 rings (SSSR count). The lowest BCUT2D eigenvalue weighted by Crippen LogP contribution is -2.10. The first kappa shape index (κ1) is 11.5. The van der Waals surface area contributed by atoms with Crippen LogP contribution in [-0.4, -0.2) is 10.2 Å². The van der Waals surface area contributed by atoms with E-state index in [0.29, 0.717) is 5.82 Å². The fourth-order valence-corrected chi connectivity index (χ4v) is 1.82. The predicted octanol–water partition coefficient (Wildman–Crippen LogP) is 2.05. The Morgan fingerprint density at radius 1 is 1.18 bits per heavy atom. The number of rotatable bonds is 2. The summed E-state index contributed by atoms with van der Waals surface area (Å²) < 4.78 is 0. The van der Waals surface area contributed by atoms with E-state index in [1.165, 1.54) is 0 Å². The van der Waals surface area contributed by atoms with E-state index < -0.39 is 0 Å². The Balaban J connectivity index is 2.63. The van der Waals surface area contributed by atoms with E-state index in [1.54, 1.807) is 6.07 Å². The quantitative estimate of drug-likeness (QED) is 0.824. The van der Waals surface area contributed by atoms with Crippen LogP contribution in [-0.2, 0) is 0 Å². The van der Waals surface area contributed by atoms with Crippen LogP contribution in [0.3, 0.4) is 0 Å². The van der Waals surface area contributed by atoms with Crippen molar-refractivity contribution in [3.8, 4) is 11.3 Å². The molecule has 0 aliphatic heterocycles. The Bertz CT molecular complexity index is 535. The van der Waals surface area contributed by atoms with Gasteiger partial charge in [0.1, 0.15) is 5.82 Å². The molecule has 0 saturated heterocycles. The zero-order chi connectivity index (χ0) is 12.4. The highest BCUT2D eigenvalue weighted by Crippen LogP contribution is 2.27. The number of hydrogen-bond acceptors (Lipinski definition) is 4. The molecule has 1 atom stereocenters. The molecule has 4 N–H and O–H groups in total. The van der Waals surface area contributed by atoms with Gasteiger partial charge in [-0.2, -0.15) is 0 Å². The largest absolute Gasteiger partial charge is 0.382 e. The molecule has 1 aromatic heterocycles. The highest BCUT2D eigenvalue weighted by Gasteiger charge is 2.13. The van der Waals surface area contributed by atoms with Crippen molar-refractivity contribution < 1.29 is 0 Å². The average Bonchev–Trinajstić information content (AvgIpc) is 2.30. The molecule has 1 unspecified atom stereocenters. The van der Waals surface area contributed by atoms with Gasteiger partial charge in [0.15, 0.2) is 0 Å². The summed E-state index contributed by atoms with van der Waals surface area (Å²) in [6, 6.07) is 9.70. The molecule has 4 heteroatoms. The normalized spacial score (nSPS) is 12.4. The molecular formula is C13H16N4. The maximum atomic E-state index is 5.95. The minimum Gasteiger partial charge on any atom is -0.382 e. The SMILES string of the molecule is Cc1ccccc1-c1nnc(N)cc1C(C)N. The van der Waals surface area contributed by atoms with Crippen LogP contribution in [0.5, 0.6) is 0 Å². The Labute approximate surface area is 101 Å². The smallest absolute Gasteiger partial charge is 0.146 e. The van der Waals surface area contributed by atoms with Gasteiger partial charge in [0.05, 0.1) is 5.69 Å². The summed E-state index contributed by atoms with van der Waals surface area (Å²) in [6.45, 7) is 3.95. The Hall–Kier alpha value is -1.94. The fraction of sp³-hybridized carbons (Fsp3) is 0.231. The third kappa shape index (κ3) is 2.26. The number of anilines is 1. The number of aryl methyl sites for hydroxylation is 1. The molecule has 0 saturated carbocycles. The van der Waals surface area contributed by atoms with Gasteiger partial charge in [-0.25, -0.2) is 0 Å². The van der Waals surface area contributed by atoms with Gasteiger partial charge in [0, 0.05) is 17.2 Å². The molecule has 1 heterocycles. The molecule has 1 aromatic carbocycles. The van der Waals surface area contributed by atoms with Gasteiger partial charge in [0.2, 0.25) is 0 Å². The summed E-state index contributed by atoms with van der Waals surface area (Å²) in [5, 5.41) is 8.09. The van der Waals surface area contributed by atoms with Gasteiger partial charge < -0.3 is 11.5 Å². The van der Waals surface area contributed by atoms with Gasteiger partial charge in [-0.3, -0.25) is 0 Å². The van der Waals surface area contributed by atoms with Crippen molar-refractivity contribution in [1.82, 2.24) is 10.2 Å². The molecule has 0 bridgehead atoms. The van der Waals surface area contributed by atoms with E-state index in [1.807, 2.05) is 38.1 Å².